The van der Waals surface area contributed by atoms with Crippen LogP contribution in [0.25, 0.3) is 17.2 Å². The summed E-state index contributed by atoms with van der Waals surface area (Å²) in [5, 5.41) is 0. The van der Waals surface area contributed by atoms with E-state index in [4.69, 9.17) is 9.47 Å². The summed E-state index contributed by atoms with van der Waals surface area (Å²) in [7, 11) is 0. The number of benzene rings is 3. The molecule has 2 aliphatic rings. The van der Waals surface area contributed by atoms with Gasteiger partial charge in [0.05, 0.1) is 0 Å². The molecule has 33 heavy (non-hydrogen) atoms. The van der Waals surface area contributed by atoms with E-state index in [1.807, 2.05) is 24.3 Å². The minimum atomic E-state index is -0.789. The number of aliphatic imine (C=N–C) groups is 1. The highest BCUT2D eigenvalue weighted by Crippen LogP contribution is 2.26. The molecule has 8 heteroatoms. The number of carbonyl (C=O) groups excluding carboxylic acids is 1. The average Bonchev–Trinajstić information content (AvgIpc) is 3.42. The van der Waals surface area contributed by atoms with Gasteiger partial charge >= 0.3 is 0 Å². The number of ether oxygens (including phenoxy) is 2. The van der Waals surface area contributed by atoms with E-state index >= 15 is 0 Å². The molecule has 3 aromatic rings. The standard InChI is InChI=1S/C25H17F3N2O3/c26-18-10-8-17(9-11-18)16-6-4-15(5-7-16)12-21-25(31)30(14-33-21)22-13-32-24(29-22)23-19(27)2-1-3-20(23)28/h1-12,22H,13-14H2/b21-12-. The Morgan fingerprint density at radius 2 is 1.52 bits per heavy atom. The van der Waals surface area contributed by atoms with Gasteiger partial charge in [-0.15, -0.1) is 0 Å². The Labute approximate surface area is 187 Å². The highest BCUT2D eigenvalue weighted by atomic mass is 19.1. The average molecular weight is 450 g/mol. The second-order valence-corrected chi connectivity index (χ2v) is 7.51. The van der Waals surface area contributed by atoms with Crippen molar-refractivity contribution < 1.29 is 27.4 Å². The molecule has 0 N–H and O–H groups in total. The first kappa shape index (κ1) is 20.8. The van der Waals surface area contributed by atoms with Gasteiger partial charge in [-0.3, -0.25) is 9.69 Å². The maximum atomic E-state index is 14.0. The van der Waals surface area contributed by atoms with Gasteiger partial charge in [0.2, 0.25) is 5.90 Å². The lowest BCUT2D eigenvalue weighted by Crippen LogP contribution is -2.36. The van der Waals surface area contributed by atoms with Crippen LogP contribution in [0.3, 0.4) is 0 Å². The number of carbonyl (C=O) groups is 1. The molecule has 166 valence electrons. The quantitative estimate of drug-likeness (QED) is 0.540. The number of halogens is 3. The second-order valence-electron chi connectivity index (χ2n) is 7.51. The molecular formula is C25H17F3N2O3. The Hall–Kier alpha value is -4.07. The maximum absolute atomic E-state index is 14.0. The van der Waals surface area contributed by atoms with Crippen molar-refractivity contribution in [2.24, 2.45) is 4.99 Å². The predicted octanol–water partition coefficient (Wildman–Crippen LogP) is 4.73. The van der Waals surface area contributed by atoms with Gasteiger partial charge in [-0.25, -0.2) is 18.2 Å². The van der Waals surface area contributed by atoms with Gasteiger partial charge in [0.1, 0.15) is 29.6 Å². The van der Waals surface area contributed by atoms with E-state index in [9.17, 15) is 18.0 Å². The smallest absolute Gasteiger partial charge is 0.293 e. The molecule has 2 heterocycles. The lowest BCUT2D eigenvalue weighted by molar-refractivity contribution is -0.126. The van der Waals surface area contributed by atoms with Crippen LogP contribution in [0.4, 0.5) is 13.2 Å². The minimum Gasteiger partial charge on any atom is -0.473 e. The third-order valence-corrected chi connectivity index (χ3v) is 5.39. The first-order valence-corrected chi connectivity index (χ1v) is 10.2. The fourth-order valence-corrected chi connectivity index (χ4v) is 3.65. The summed E-state index contributed by atoms with van der Waals surface area (Å²) in [6, 6.07) is 17.0. The monoisotopic (exact) mass is 450 g/mol. The first-order valence-electron chi connectivity index (χ1n) is 10.2. The summed E-state index contributed by atoms with van der Waals surface area (Å²) in [4.78, 5) is 18.3. The van der Waals surface area contributed by atoms with E-state index in [2.05, 4.69) is 4.99 Å². The van der Waals surface area contributed by atoms with E-state index in [1.165, 1.54) is 23.1 Å². The van der Waals surface area contributed by atoms with Gasteiger partial charge in [-0.1, -0.05) is 42.5 Å². The zero-order valence-corrected chi connectivity index (χ0v) is 17.2. The highest BCUT2D eigenvalue weighted by Gasteiger charge is 2.37. The maximum Gasteiger partial charge on any atom is 0.293 e. The Kier molecular flexibility index (Phi) is 5.34. The molecule has 0 bridgehead atoms. The molecule has 3 aromatic carbocycles. The van der Waals surface area contributed by atoms with Crippen molar-refractivity contribution in [2.45, 2.75) is 6.17 Å². The zero-order valence-electron chi connectivity index (χ0n) is 17.2. The van der Waals surface area contributed by atoms with Gasteiger partial charge in [0, 0.05) is 0 Å². The Morgan fingerprint density at radius 3 is 2.18 bits per heavy atom. The molecule has 1 unspecified atom stereocenters. The molecule has 0 aliphatic carbocycles. The van der Waals surface area contributed by atoms with Crippen molar-refractivity contribution in [2.75, 3.05) is 13.3 Å². The first-order chi connectivity index (χ1) is 16.0. The van der Waals surface area contributed by atoms with E-state index in [0.717, 1.165) is 28.8 Å². The van der Waals surface area contributed by atoms with E-state index in [0.29, 0.717) is 0 Å². The van der Waals surface area contributed by atoms with E-state index < -0.39 is 23.7 Å². The molecule has 0 aromatic heterocycles. The lowest BCUT2D eigenvalue weighted by Gasteiger charge is -2.15. The summed E-state index contributed by atoms with van der Waals surface area (Å²) in [5.41, 5.74) is 2.16. The van der Waals surface area contributed by atoms with Crippen molar-refractivity contribution in [3.8, 4) is 11.1 Å². The topological polar surface area (TPSA) is 51.1 Å². The van der Waals surface area contributed by atoms with Crippen LogP contribution in [0, 0.1) is 17.5 Å². The molecule has 0 spiro atoms. The molecule has 0 saturated carbocycles. The predicted molar refractivity (Wildman–Crippen MR) is 115 cm³/mol. The van der Waals surface area contributed by atoms with Gasteiger partial charge in [0.25, 0.3) is 5.91 Å². The van der Waals surface area contributed by atoms with Gasteiger partial charge in [-0.2, -0.15) is 0 Å². The van der Waals surface area contributed by atoms with Crippen LogP contribution in [0.2, 0.25) is 0 Å². The fraction of sp³-hybridized carbons (Fsp3) is 0.120. The Bertz CT molecular complexity index is 1250. The number of rotatable bonds is 4. The number of hydrogen-bond acceptors (Lipinski definition) is 4. The molecule has 5 rings (SSSR count). The summed E-state index contributed by atoms with van der Waals surface area (Å²) in [6.07, 6.45) is 0.853. The Balaban J connectivity index is 1.31. The van der Waals surface area contributed by atoms with E-state index in [-0.39, 0.29) is 36.4 Å². The van der Waals surface area contributed by atoms with Crippen LogP contribution in [-0.4, -0.2) is 36.2 Å². The highest BCUT2D eigenvalue weighted by molar-refractivity contribution is 5.99. The van der Waals surface area contributed by atoms with E-state index in [1.54, 1.807) is 18.2 Å². The van der Waals surface area contributed by atoms with Gasteiger partial charge in [-0.05, 0) is 47.0 Å². The summed E-state index contributed by atoms with van der Waals surface area (Å²) >= 11 is 0. The van der Waals surface area contributed by atoms with Crippen LogP contribution in [0.1, 0.15) is 11.1 Å². The van der Waals surface area contributed by atoms with Crippen molar-refractivity contribution in [1.82, 2.24) is 4.90 Å². The van der Waals surface area contributed by atoms with Crippen molar-refractivity contribution in [3.05, 3.63) is 101 Å². The molecule has 2 aliphatic heterocycles. The van der Waals surface area contributed by atoms with Crippen molar-refractivity contribution >= 4 is 17.9 Å². The molecule has 5 nitrogen and oxygen atoms in total. The third kappa shape index (κ3) is 4.07. The molecule has 1 amide bonds. The largest absolute Gasteiger partial charge is 0.473 e. The van der Waals surface area contributed by atoms with Crippen LogP contribution < -0.4 is 0 Å². The number of amides is 1. The van der Waals surface area contributed by atoms with Crippen molar-refractivity contribution in [1.29, 1.82) is 0 Å². The SMILES string of the molecule is O=C1/C(=C/c2ccc(-c3ccc(F)cc3)cc2)OCN1C1COC(c2c(F)cccc2F)=N1. The zero-order chi connectivity index (χ0) is 22.9. The third-order valence-electron chi connectivity index (χ3n) is 5.39. The fourth-order valence-electron chi connectivity index (χ4n) is 3.65. The molecule has 1 atom stereocenters. The molecule has 1 fully saturated rings. The number of hydrogen-bond donors (Lipinski definition) is 0. The summed E-state index contributed by atoms with van der Waals surface area (Å²) < 4.78 is 52.0. The lowest BCUT2D eigenvalue weighted by atomic mass is 10.0. The number of nitrogens with zero attached hydrogens (tertiary/aromatic N) is 2. The van der Waals surface area contributed by atoms with Gasteiger partial charge < -0.3 is 9.47 Å². The minimum absolute atomic E-state index is 0.0299. The van der Waals surface area contributed by atoms with Gasteiger partial charge in [0.15, 0.2) is 18.7 Å². The van der Waals surface area contributed by atoms with Crippen LogP contribution >= 0.6 is 0 Å². The molecule has 0 radical (unpaired) electrons. The van der Waals surface area contributed by atoms with Crippen LogP contribution in [-0.2, 0) is 14.3 Å². The molecule has 1 saturated heterocycles. The Morgan fingerprint density at radius 1 is 0.879 bits per heavy atom. The summed E-state index contributed by atoms with van der Waals surface area (Å²) in [5.74, 6) is -2.33. The van der Waals surface area contributed by atoms with Crippen LogP contribution in [0.5, 0.6) is 0 Å². The van der Waals surface area contributed by atoms with Crippen molar-refractivity contribution in [3.63, 3.8) is 0 Å². The molecular weight excluding hydrogens is 433 g/mol. The second kappa shape index (κ2) is 8.46. The normalized spacial score (nSPS) is 18.9. The summed E-state index contributed by atoms with van der Waals surface area (Å²) in [6.45, 7) is -0.0826. The van der Waals surface area contributed by atoms with Crippen LogP contribution in [0.15, 0.2) is 77.5 Å².